The van der Waals surface area contributed by atoms with Crippen molar-refractivity contribution in [1.29, 1.82) is 0 Å². The van der Waals surface area contributed by atoms with Crippen molar-refractivity contribution in [3.8, 4) is 5.75 Å². The highest BCUT2D eigenvalue weighted by atomic mass is 79.9. The van der Waals surface area contributed by atoms with Crippen molar-refractivity contribution in [3.63, 3.8) is 0 Å². The van der Waals surface area contributed by atoms with Crippen LogP contribution in [0.3, 0.4) is 0 Å². The molecule has 7 heteroatoms. The fourth-order valence-corrected chi connectivity index (χ4v) is 2.74. The number of benzene rings is 2. The van der Waals surface area contributed by atoms with Crippen LogP contribution in [-0.2, 0) is 0 Å². The van der Waals surface area contributed by atoms with E-state index in [0.717, 1.165) is 10.9 Å². The van der Waals surface area contributed by atoms with Gasteiger partial charge in [-0.05, 0) is 40.2 Å². The molecule has 24 heavy (non-hydrogen) atoms. The molecule has 0 radical (unpaired) electrons. The Morgan fingerprint density at radius 2 is 1.75 bits per heavy atom. The van der Waals surface area contributed by atoms with Gasteiger partial charge in [0, 0.05) is 21.6 Å². The number of fused-ring (bicyclic) bond motifs is 1. The van der Waals surface area contributed by atoms with Gasteiger partial charge in [-0.25, -0.2) is 0 Å². The van der Waals surface area contributed by atoms with E-state index in [1.165, 1.54) is 7.11 Å². The molecule has 0 saturated carbocycles. The number of hydrogen-bond donors (Lipinski definition) is 3. The fraction of sp³-hybridized carbons (Fsp3) is 0.0588. The van der Waals surface area contributed by atoms with Crippen LogP contribution in [0.5, 0.6) is 5.75 Å². The molecule has 2 amide bonds. The second-order valence-corrected chi connectivity index (χ2v) is 5.86. The molecule has 1 aromatic heterocycles. The average Bonchev–Trinajstić information content (AvgIpc) is 3.04. The van der Waals surface area contributed by atoms with Crippen molar-refractivity contribution in [1.82, 2.24) is 15.8 Å². The first-order valence-corrected chi connectivity index (χ1v) is 7.90. The van der Waals surface area contributed by atoms with Gasteiger partial charge >= 0.3 is 0 Å². The molecular weight excluding hydrogens is 374 g/mol. The summed E-state index contributed by atoms with van der Waals surface area (Å²) in [6.45, 7) is 0. The van der Waals surface area contributed by atoms with Gasteiger partial charge in [-0.2, -0.15) is 0 Å². The number of ether oxygens (including phenoxy) is 1. The van der Waals surface area contributed by atoms with Crippen molar-refractivity contribution in [3.05, 3.63) is 64.3 Å². The molecular formula is C17H14BrN3O3. The van der Waals surface area contributed by atoms with Gasteiger partial charge in [0.25, 0.3) is 11.8 Å². The van der Waals surface area contributed by atoms with Crippen molar-refractivity contribution >= 4 is 38.6 Å². The maximum atomic E-state index is 12.3. The largest absolute Gasteiger partial charge is 0.497 e. The summed E-state index contributed by atoms with van der Waals surface area (Å²) in [5.74, 6) is -0.305. The van der Waals surface area contributed by atoms with Crippen LogP contribution in [0, 0.1) is 0 Å². The monoisotopic (exact) mass is 387 g/mol. The molecule has 0 bridgehead atoms. The van der Waals surface area contributed by atoms with Crippen LogP contribution in [0.2, 0.25) is 0 Å². The number of rotatable bonds is 3. The molecule has 3 rings (SSSR count). The number of hydrazine groups is 1. The third kappa shape index (κ3) is 3.11. The molecule has 0 spiro atoms. The highest BCUT2D eigenvalue weighted by Gasteiger charge is 2.15. The van der Waals surface area contributed by atoms with E-state index in [0.29, 0.717) is 21.3 Å². The minimum Gasteiger partial charge on any atom is -0.497 e. The van der Waals surface area contributed by atoms with Gasteiger partial charge < -0.3 is 9.72 Å². The maximum absolute atomic E-state index is 12.3. The Balaban J connectivity index is 1.73. The molecule has 1 heterocycles. The summed E-state index contributed by atoms with van der Waals surface area (Å²) in [5.41, 5.74) is 6.49. The van der Waals surface area contributed by atoms with Crippen LogP contribution in [0.25, 0.3) is 10.9 Å². The first-order valence-electron chi connectivity index (χ1n) is 7.10. The van der Waals surface area contributed by atoms with Gasteiger partial charge in [0.2, 0.25) is 0 Å². The Bertz CT molecular complexity index is 920. The number of methoxy groups -OCH3 is 1. The lowest BCUT2D eigenvalue weighted by Crippen LogP contribution is -2.41. The molecule has 0 atom stereocenters. The first-order chi connectivity index (χ1) is 11.6. The number of H-pyrrole nitrogens is 1. The number of para-hydroxylation sites is 1. The predicted octanol–water partition coefficient (Wildman–Crippen LogP) is 3.01. The highest BCUT2D eigenvalue weighted by Crippen LogP contribution is 2.22. The first kappa shape index (κ1) is 16.1. The fourth-order valence-electron chi connectivity index (χ4n) is 2.31. The number of carbonyl (C=O) groups is 2. The van der Waals surface area contributed by atoms with E-state index in [2.05, 4.69) is 31.8 Å². The molecule has 122 valence electrons. The molecule has 6 nitrogen and oxygen atoms in total. The van der Waals surface area contributed by atoms with Crippen LogP contribution in [0.15, 0.2) is 53.1 Å². The summed E-state index contributed by atoms with van der Waals surface area (Å²) < 4.78 is 5.70. The van der Waals surface area contributed by atoms with Gasteiger partial charge in [0.05, 0.1) is 18.2 Å². The quantitative estimate of drug-likeness (QED) is 0.604. The van der Waals surface area contributed by atoms with E-state index >= 15 is 0 Å². The molecule has 0 aliphatic carbocycles. The summed E-state index contributed by atoms with van der Waals surface area (Å²) in [5, 5.41) is 0.784. The van der Waals surface area contributed by atoms with Gasteiger partial charge in [-0.15, -0.1) is 0 Å². The van der Waals surface area contributed by atoms with E-state index in [-0.39, 0.29) is 0 Å². The molecule has 3 aromatic rings. The van der Waals surface area contributed by atoms with Crippen molar-refractivity contribution in [2.24, 2.45) is 0 Å². The number of amides is 2. The Morgan fingerprint density at radius 1 is 1.04 bits per heavy atom. The van der Waals surface area contributed by atoms with Crippen molar-refractivity contribution < 1.29 is 14.3 Å². The van der Waals surface area contributed by atoms with E-state index in [4.69, 9.17) is 4.74 Å². The van der Waals surface area contributed by atoms with Crippen molar-refractivity contribution in [2.75, 3.05) is 7.11 Å². The lowest BCUT2D eigenvalue weighted by Gasteiger charge is -2.09. The summed E-state index contributed by atoms with van der Waals surface area (Å²) >= 11 is 3.30. The molecule has 0 aliphatic heterocycles. The van der Waals surface area contributed by atoms with E-state index in [1.807, 2.05) is 24.3 Å². The Morgan fingerprint density at radius 3 is 2.50 bits per heavy atom. The lowest BCUT2D eigenvalue weighted by atomic mass is 10.2. The zero-order valence-electron chi connectivity index (χ0n) is 12.7. The molecule has 0 aliphatic rings. The Hall–Kier alpha value is -2.80. The molecule has 2 aromatic carbocycles. The third-order valence-corrected chi connectivity index (χ3v) is 4.23. The van der Waals surface area contributed by atoms with Gasteiger partial charge in [0.1, 0.15) is 5.75 Å². The van der Waals surface area contributed by atoms with Crippen LogP contribution in [0.1, 0.15) is 20.7 Å². The van der Waals surface area contributed by atoms with Crippen LogP contribution >= 0.6 is 15.9 Å². The number of aromatic nitrogens is 1. The molecule has 0 unspecified atom stereocenters. The average molecular weight is 388 g/mol. The topological polar surface area (TPSA) is 83.2 Å². The van der Waals surface area contributed by atoms with Gasteiger partial charge in [-0.1, -0.05) is 18.2 Å². The second-order valence-electron chi connectivity index (χ2n) is 5.00. The van der Waals surface area contributed by atoms with E-state index < -0.39 is 11.8 Å². The van der Waals surface area contributed by atoms with E-state index in [9.17, 15) is 9.59 Å². The number of halogens is 1. The zero-order chi connectivity index (χ0) is 17.1. The number of hydrogen-bond acceptors (Lipinski definition) is 3. The van der Waals surface area contributed by atoms with Crippen LogP contribution in [0.4, 0.5) is 0 Å². The number of carbonyl (C=O) groups excluding carboxylic acids is 2. The maximum Gasteiger partial charge on any atom is 0.271 e. The van der Waals surface area contributed by atoms with Gasteiger partial charge in [-0.3, -0.25) is 20.4 Å². The molecule has 0 saturated heterocycles. The predicted molar refractivity (Wildman–Crippen MR) is 93.9 cm³/mol. The van der Waals surface area contributed by atoms with Crippen molar-refractivity contribution in [2.45, 2.75) is 0 Å². The Kier molecular flexibility index (Phi) is 4.52. The number of nitrogens with one attached hydrogen (secondary N) is 3. The third-order valence-electron chi connectivity index (χ3n) is 3.54. The zero-order valence-corrected chi connectivity index (χ0v) is 14.3. The summed E-state index contributed by atoms with van der Waals surface area (Å²) in [6, 6.07) is 12.4. The van der Waals surface area contributed by atoms with Gasteiger partial charge in [0.15, 0.2) is 0 Å². The number of aromatic amines is 1. The minimum absolute atomic E-state index is 0.355. The second kappa shape index (κ2) is 6.76. The minimum atomic E-state index is -0.450. The SMILES string of the molecule is COc1ccc(Br)c(C(=O)NNC(=O)c2c[nH]c3ccccc23)c1. The summed E-state index contributed by atoms with van der Waals surface area (Å²) in [4.78, 5) is 27.5. The highest BCUT2D eigenvalue weighted by molar-refractivity contribution is 9.10. The summed E-state index contributed by atoms with van der Waals surface area (Å²) in [7, 11) is 1.52. The van der Waals surface area contributed by atoms with E-state index in [1.54, 1.807) is 24.4 Å². The lowest BCUT2D eigenvalue weighted by molar-refractivity contribution is 0.0847. The standard InChI is InChI=1S/C17H14BrN3O3/c1-24-10-6-7-14(18)12(8-10)16(22)20-21-17(23)13-9-19-15-5-3-2-4-11(13)15/h2-9,19H,1H3,(H,20,22)(H,21,23). The van der Waals surface area contributed by atoms with Crippen LogP contribution in [-0.4, -0.2) is 23.9 Å². The smallest absolute Gasteiger partial charge is 0.271 e. The normalized spacial score (nSPS) is 10.4. The Labute approximate surface area is 146 Å². The molecule has 0 fully saturated rings. The summed E-state index contributed by atoms with van der Waals surface area (Å²) in [6.07, 6.45) is 1.60. The van der Waals surface area contributed by atoms with Crippen LogP contribution < -0.4 is 15.6 Å². The molecule has 3 N–H and O–H groups in total.